The highest BCUT2D eigenvalue weighted by atomic mass is 19.4. The van der Waals surface area contributed by atoms with E-state index in [2.05, 4.69) is 0 Å². The molecule has 30 heavy (non-hydrogen) atoms. The Morgan fingerprint density at radius 3 is 1.07 bits per heavy atom. The fraction of sp³-hybridized carbons (Fsp3) is 1.00. The number of hydrogen-bond donors (Lipinski definition) is 2. The van der Waals surface area contributed by atoms with Crippen LogP contribution in [0.5, 0.6) is 0 Å². The van der Waals surface area contributed by atoms with E-state index in [0.717, 1.165) is 0 Å². The van der Waals surface area contributed by atoms with Crippen LogP contribution in [0.3, 0.4) is 0 Å². The SMILES string of the molecule is OC(F)C(F)C(F)C(F)C(F)C(F)C(F)C(F)C(F)(F)C(F)(F)C(F)(F)C(O)(F)F. The molecule has 0 spiro atoms. The topological polar surface area (TPSA) is 40.5 Å². The molecule has 0 heterocycles. The molecule has 0 saturated carbocycles. The van der Waals surface area contributed by atoms with Crippen LogP contribution in [0, 0.1) is 0 Å². The van der Waals surface area contributed by atoms with Crippen molar-refractivity contribution >= 4 is 0 Å². The minimum Gasteiger partial charge on any atom is -0.362 e. The van der Waals surface area contributed by atoms with Crippen LogP contribution in [0.4, 0.5) is 70.2 Å². The molecule has 0 bridgehead atoms. The molecule has 0 saturated heterocycles. The molecular formula is C12H10F16O2. The first-order valence-corrected chi connectivity index (χ1v) is 7.11. The van der Waals surface area contributed by atoms with Gasteiger partial charge in [0.1, 0.15) is 0 Å². The summed E-state index contributed by atoms with van der Waals surface area (Å²) in [4.78, 5) is 0. The summed E-state index contributed by atoms with van der Waals surface area (Å²) in [5.74, 6) is -22.5. The van der Waals surface area contributed by atoms with Gasteiger partial charge in [-0.2, -0.15) is 35.1 Å². The van der Waals surface area contributed by atoms with Crippen molar-refractivity contribution < 1.29 is 80.5 Å². The molecule has 2 nitrogen and oxygen atoms in total. The normalized spacial score (nSPS) is 22.6. The minimum absolute atomic E-state index is 3.87. The van der Waals surface area contributed by atoms with Gasteiger partial charge < -0.3 is 10.2 Å². The van der Waals surface area contributed by atoms with Crippen molar-refractivity contribution in [2.24, 2.45) is 0 Å². The van der Waals surface area contributed by atoms with Crippen molar-refractivity contribution in [1.29, 1.82) is 0 Å². The Morgan fingerprint density at radius 1 is 0.467 bits per heavy atom. The first-order chi connectivity index (χ1) is 13.1. The molecule has 0 aliphatic heterocycles. The zero-order chi connectivity index (χ0) is 24.6. The van der Waals surface area contributed by atoms with Crippen LogP contribution in [0.2, 0.25) is 0 Å². The predicted octanol–water partition coefficient (Wildman–Crippen LogP) is 4.13. The first kappa shape index (κ1) is 28.8. The van der Waals surface area contributed by atoms with E-state index < -0.39 is 73.4 Å². The van der Waals surface area contributed by atoms with E-state index in [4.69, 9.17) is 10.2 Å². The smallest absolute Gasteiger partial charge is 0.362 e. The number of hydrogen-bond acceptors (Lipinski definition) is 2. The number of aliphatic hydroxyl groups is 2. The Kier molecular flexibility index (Phi) is 8.75. The Hall–Kier alpha value is -1.20. The third kappa shape index (κ3) is 4.99. The average molecular weight is 490 g/mol. The molecule has 0 radical (unpaired) electrons. The molecule has 182 valence electrons. The summed E-state index contributed by atoms with van der Waals surface area (Å²) in [6.45, 7) is 0. The lowest BCUT2D eigenvalue weighted by molar-refractivity contribution is -0.424. The van der Waals surface area contributed by atoms with Gasteiger partial charge in [0.15, 0.2) is 37.0 Å². The molecule has 0 aromatic rings. The summed E-state index contributed by atoms with van der Waals surface area (Å²) < 4.78 is 206. The zero-order valence-electron chi connectivity index (χ0n) is 13.6. The van der Waals surface area contributed by atoms with Crippen molar-refractivity contribution in [3.05, 3.63) is 0 Å². The van der Waals surface area contributed by atoms with E-state index in [9.17, 15) is 70.2 Å². The number of aliphatic hydroxyl groups excluding tert-OH is 1. The van der Waals surface area contributed by atoms with Crippen molar-refractivity contribution in [2.45, 2.75) is 73.4 Å². The Labute approximate surface area is 155 Å². The summed E-state index contributed by atoms with van der Waals surface area (Å²) >= 11 is 0. The van der Waals surface area contributed by atoms with Crippen LogP contribution in [-0.4, -0.2) is 83.6 Å². The number of alkyl halides is 16. The minimum atomic E-state index is -7.66. The van der Waals surface area contributed by atoms with Crippen LogP contribution in [-0.2, 0) is 0 Å². The molecule has 0 aromatic carbocycles. The first-order valence-electron chi connectivity index (χ1n) is 7.11. The summed E-state index contributed by atoms with van der Waals surface area (Å²) in [7, 11) is 0. The monoisotopic (exact) mass is 490 g/mol. The summed E-state index contributed by atoms with van der Waals surface area (Å²) in [6, 6.07) is 0. The molecule has 8 atom stereocenters. The van der Waals surface area contributed by atoms with Gasteiger partial charge >= 0.3 is 23.9 Å². The van der Waals surface area contributed by atoms with Gasteiger partial charge in [-0.3, -0.25) is 0 Å². The average Bonchev–Trinajstić information content (AvgIpc) is 2.61. The van der Waals surface area contributed by atoms with E-state index >= 15 is 0 Å². The standard InChI is InChI=1S/C12H10F16O2/c13-1(2(14)4(16)6(18)8(20)29)3(15)5(17)7(19)9(21,22)10(23,24)11(25,26)12(27,28)30/h1-8,29-30H. The molecule has 0 amide bonds. The second-order valence-corrected chi connectivity index (χ2v) is 5.75. The Balaban J connectivity index is 5.73. The van der Waals surface area contributed by atoms with Crippen LogP contribution in [0.1, 0.15) is 0 Å². The highest BCUT2D eigenvalue weighted by Crippen LogP contribution is 2.54. The van der Waals surface area contributed by atoms with Gasteiger partial charge in [-0.25, -0.2) is 35.1 Å². The Bertz CT molecular complexity index is 551. The second-order valence-electron chi connectivity index (χ2n) is 5.75. The van der Waals surface area contributed by atoms with Crippen LogP contribution >= 0.6 is 0 Å². The van der Waals surface area contributed by atoms with Gasteiger partial charge in [-0.15, -0.1) is 0 Å². The lowest BCUT2D eigenvalue weighted by atomic mass is 9.92. The van der Waals surface area contributed by atoms with Gasteiger partial charge in [-0.05, 0) is 0 Å². The van der Waals surface area contributed by atoms with Crippen molar-refractivity contribution in [3.63, 3.8) is 0 Å². The molecule has 8 unspecified atom stereocenters. The maximum absolute atomic E-state index is 13.3. The molecule has 18 heteroatoms. The molecule has 0 fully saturated rings. The molecule has 0 aromatic heterocycles. The fourth-order valence-corrected chi connectivity index (χ4v) is 1.79. The molecule has 0 aliphatic rings. The van der Waals surface area contributed by atoms with Gasteiger partial charge in [0.25, 0.3) is 0 Å². The lowest BCUT2D eigenvalue weighted by Gasteiger charge is -2.37. The molecule has 0 rings (SSSR count). The van der Waals surface area contributed by atoms with E-state index in [1.54, 1.807) is 0 Å². The third-order valence-electron chi connectivity index (χ3n) is 3.60. The van der Waals surface area contributed by atoms with Crippen molar-refractivity contribution in [3.8, 4) is 0 Å². The number of rotatable bonds is 11. The van der Waals surface area contributed by atoms with Crippen LogP contribution < -0.4 is 0 Å². The van der Waals surface area contributed by atoms with E-state index in [1.807, 2.05) is 0 Å². The zero-order valence-corrected chi connectivity index (χ0v) is 13.6. The summed E-state index contributed by atoms with van der Waals surface area (Å²) in [6.07, 6.45) is -43.4. The fourth-order valence-electron chi connectivity index (χ4n) is 1.79. The number of halogens is 16. The third-order valence-corrected chi connectivity index (χ3v) is 3.60. The van der Waals surface area contributed by atoms with Crippen LogP contribution in [0.25, 0.3) is 0 Å². The lowest BCUT2D eigenvalue weighted by Crippen LogP contribution is -2.66. The van der Waals surface area contributed by atoms with Gasteiger partial charge in [-0.1, -0.05) is 0 Å². The van der Waals surface area contributed by atoms with Crippen molar-refractivity contribution in [2.75, 3.05) is 0 Å². The predicted molar refractivity (Wildman–Crippen MR) is 63.4 cm³/mol. The van der Waals surface area contributed by atoms with Gasteiger partial charge in [0.2, 0.25) is 12.5 Å². The molecule has 2 N–H and O–H groups in total. The summed E-state index contributed by atoms with van der Waals surface area (Å²) in [5.41, 5.74) is 0. The van der Waals surface area contributed by atoms with E-state index in [-0.39, 0.29) is 0 Å². The summed E-state index contributed by atoms with van der Waals surface area (Å²) in [5, 5.41) is 15.5. The quantitative estimate of drug-likeness (QED) is 0.428. The van der Waals surface area contributed by atoms with E-state index in [1.165, 1.54) is 0 Å². The van der Waals surface area contributed by atoms with Gasteiger partial charge in [0.05, 0.1) is 0 Å². The van der Waals surface area contributed by atoms with Crippen LogP contribution in [0.15, 0.2) is 0 Å². The van der Waals surface area contributed by atoms with Gasteiger partial charge in [0, 0.05) is 0 Å². The molecular weight excluding hydrogens is 480 g/mol. The highest BCUT2D eigenvalue weighted by molar-refractivity contribution is 5.06. The highest BCUT2D eigenvalue weighted by Gasteiger charge is 2.83. The Morgan fingerprint density at radius 2 is 0.767 bits per heavy atom. The molecule has 0 aliphatic carbocycles. The maximum atomic E-state index is 13.3. The van der Waals surface area contributed by atoms with Crippen molar-refractivity contribution in [1.82, 2.24) is 0 Å². The van der Waals surface area contributed by atoms with E-state index in [0.29, 0.717) is 0 Å². The maximum Gasteiger partial charge on any atom is 0.423 e. The second kappa shape index (κ2) is 9.12. The largest absolute Gasteiger partial charge is 0.423 e.